The number of carboxylic acids is 2. The Balaban J connectivity index is 2.81. The highest BCUT2D eigenvalue weighted by atomic mass is 31.2. The monoisotopic (exact) mass is 336 g/mol. The van der Waals surface area contributed by atoms with Crippen molar-refractivity contribution in [3.05, 3.63) is 35.4 Å². The second-order valence-corrected chi connectivity index (χ2v) is 7.31. The molecule has 0 aromatic heterocycles. The molecule has 1 aromatic carbocycles. The summed E-state index contributed by atoms with van der Waals surface area (Å²) in [6, 6.07) is 2.39. The molecule has 9 heteroatoms. The lowest BCUT2D eigenvalue weighted by atomic mass is 10.1. The third-order valence-electron chi connectivity index (χ3n) is 2.91. The summed E-state index contributed by atoms with van der Waals surface area (Å²) in [5, 5.41) is 17.5. The lowest BCUT2D eigenvalue weighted by Crippen LogP contribution is -2.20. The molecule has 6 nitrogen and oxygen atoms in total. The van der Waals surface area contributed by atoms with Gasteiger partial charge in [-0.3, -0.25) is 14.2 Å². The Kier molecular flexibility index (Phi) is 6.20. The van der Waals surface area contributed by atoms with Crippen LogP contribution in [0.25, 0.3) is 0 Å². The lowest BCUT2D eigenvalue weighted by Gasteiger charge is -2.17. The normalized spacial score (nSPS) is 15.0. The van der Waals surface area contributed by atoms with Crippen LogP contribution in [0.3, 0.4) is 0 Å². The molecular formula is C13H15F2O6P. The number of aliphatic carboxylic acids is 2. The zero-order valence-corrected chi connectivity index (χ0v) is 12.3. The van der Waals surface area contributed by atoms with Gasteiger partial charge in [0.1, 0.15) is 11.6 Å². The minimum atomic E-state index is -4.03. The van der Waals surface area contributed by atoms with E-state index in [0.717, 1.165) is 12.1 Å². The van der Waals surface area contributed by atoms with Gasteiger partial charge >= 0.3 is 11.9 Å². The quantitative estimate of drug-likeness (QED) is 0.628. The van der Waals surface area contributed by atoms with Crippen molar-refractivity contribution in [3.8, 4) is 0 Å². The SMILES string of the molecule is O=C(O)CCC(CP(=O)(O)Cc1cc(F)cc(F)c1)C(=O)O. The third kappa shape index (κ3) is 6.32. The standard InChI is InChI=1S/C13H15F2O6P/c14-10-3-8(4-11(15)5-10)6-22(20,21)7-9(13(18)19)1-2-12(16)17/h3-5,9H,1-2,6-7H2,(H,16,17)(H,18,19)(H,20,21). The molecule has 3 N–H and O–H groups in total. The summed E-state index contributed by atoms with van der Waals surface area (Å²) in [6.07, 6.45) is -2.00. The highest BCUT2D eigenvalue weighted by Crippen LogP contribution is 2.47. The number of hydrogen-bond donors (Lipinski definition) is 3. The Bertz CT molecular complexity index is 598. The number of rotatable bonds is 8. The van der Waals surface area contributed by atoms with Crippen molar-refractivity contribution >= 4 is 19.3 Å². The number of halogens is 2. The number of carboxylic acid groups (broad SMARTS) is 2. The first-order valence-electron chi connectivity index (χ1n) is 6.29. The van der Waals surface area contributed by atoms with Gasteiger partial charge < -0.3 is 15.1 Å². The molecular weight excluding hydrogens is 321 g/mol. The van der Waals surface area contributed by atoms with E-state index in [1.165, 1.54) is 0 Å². The first-order chi connectivity index (χ1) is 10.1. The van der Waals surface area contributed by atoms with Crippen LogP contribution in [0.1, 0.15) is 18.4 Å². The highest BCUT2D eigenvalue weighted by molar-refractivity contribution is 7.57. The van der Waals surface area contributed by atoms with Crippen molar-refractivity contribution in [2.45, 2.75) is 19.0 Å². The second-order valence-electron chi connectivity index (χ2n) is 4.93. The van der Waals surface area contributed by atoms with Crippen molar-refractivity contribution in [3.63, 3.8) is 0 Å². The topological polar surface area (TPSA) is 112 Å². The van der Waals surface area contributed by atoms with Crippen LogP contribution < -0.4 is 0 Å². The van der Waals surface area contributed by atoms with E-state index < -0.39 is 55.6 Å². The molecule has 0 saturated heterocycles. The Morgan fingerprint density at radius 1 is 1.14 bits per heavy atom. The smallest absolute Gasteiger partial charge is 0.307 e. The van der Waals surface area contributed by atoms with Crippen LogP contribution in [-0.2, 0) is 20.3 Å². The largest absolute Gasteiger partial charge is 0.481 e. The second kappa shape index (κ2) is 7.47. The molecule has 0 aliphatic rings. The van der Waals surface area contributed by atoms with E-state index in [0.29, 0.717) is 6.07 Å². The Morgan fingerprint density at radius 2 is 1.68 bits per heavy atom. The van der Waals surface area contributed by atoms with Gasteiger partial charge in [-0.2, -0.15) is 0 Å². The summed E-state index contributed by atoms with van der Waals surface area (Å²) in [4.78, 5) is 31.3. The summed E-state index contributed by atoms with van der Waals surface area (Å²) in [7, 11) is -4.03. The fourth-order valence-electron chi connectivity index (χ4n) is 1.99. The van der Waals surface area contributed by atoms with Gasteiger partial charge in [0.15, 0.2) is 0 Å². The van der Waals surface area contributed by atoms with Gasteiger partial charge in [0.2, 0.25) is 7.37 Å². The van der Waals surface area contributed by atoms with E-state index >= 15 is 0 Å². The minimum Gasteiger partial charge on any atom is -0.481 e. The molecule has 0 amide bonds. The van der Waals surface area contributed by atoms with Crippen LogP contribution in [-0.4, -0.2) is 33.2 Å². The lowest BCUT2D eigenvalue weighted by molar-refractivity contribution is -0.142. The van der Waals surface area contributed by atoms with Crippen molar-refractivity contribution in [2.75, 3.05) is 6.16 Å². The van der Waals surface area contributed by atoms with Gasteiger partial charge in [0.25, 0.3) is 0 Å². The third-order valence-corrected chi connectivity index (χ3v) is 4.78. The predicted octanol–water partition coefficient (Wildman–Crippen LogP) is 2.30. The van der Waals surface area contributed by atoms with E-state index in [9.17, 15) is 27.8 Å². The molecule has 1 rings (SSSR count). The fraction of sp³-hybridized carbons (Fsp3) is 0.385. The first kappa shape index (κ1) is 18.3. The van der Waals surface area contributed by atoms with E-state index in [-0.39, 0.29) is 12.0 Å². The zero-order chi connectivity index (χ0) is 16.9. The summed E-state index contributed by atoms with van der Waals surface area (Å²) in [6.45, 7) is 0. The van der Waals surface area contributed by atoms with Gasteiger partial charge in [0.05, 0.1) is 5.92 Å². The molecule has 0 bridgehead atoms. The van der Waals surface area contributed by atoms with Crippen molar-refractivity contribution in [1.82, 2.24) is 0 Å². The molecule has 0 aliphatic carbocycles. The maximum atomic E-state index is 13.0. The van der Waals surface area contributed by atoms with Gasteiger partial charge in [-0.25, -0.2) is 8.78 Å². The minimum absolute atomic E-state index is 0.0642. The highest BCUT2D eigenvalue weighted by Gasteiger charge is 2.29. The molecule has 2 unspecified atom stereocenters. The van der Waals surface area contributed by atoms with Crippen LogP contribution in [0.15, 0.2) is 18.2 Å². The zero-order valence-electron chi connectivity index (χ0n) is 11.4. The van der Waals surface area contributed by atoms with Crippen LogP contribution in [0.4, 0.5) is 8.78 Å². The molecule has 0 heterocycles. The van der Waals surface area contributed by atoms with Gasteiger partial charge in [0, 0.05) is 24.8 Å². The molecule has 22 heavy (non-hydrogen) atoms. The Labute approximate surface area is 124 Å². The maximum absolute atomic E-state index is 13.0. The van der Waals surface area contributed by atoms with E-state index in [4.69, 9.17) is 10.2 Å². The van der Waals surface area contributed by atoms with Gasteiger partial charge in [-0.15, -0.1) is 0 Å². The van der Waals surface area contributed by atoms with E-state index in [2.05, 4.69) is 0 Å². The molecule has 0 radical (unpaired) electrons. The Hall–Kier alpha value is -1.79. The van der Waals surface area contributed by atoms with Crippen LogP contribution in [0.2, 0.25) is 0 Å². The summed E-state index contributed by atoms with van der Waals surface area (Å²) < 4.78 is 38.1. The average Bonchev–Trinajstić information content (AvgIpc) is 2.31. The van der Waals surface area contributed by atoms with Crippen LogP contribution >= 0.6 is 7.37 Å². The number of carbonyl (C=O) groups is 2. The van der Waals surface area contributed by atoms with Crippen molar-refractivity contribution in [1.29, 1.82) is 0 Å². The van der Waals surface area contributed by atoms with Crippen molar-refractivity contribution in [2.24, 2.45) is 5.92 Å². The number of hydrogen-bond acceptors (Lipinski definition) is 3. The fourth-order valence-corrected chi connectivity index (χ4v) is 3.90. The van der Waals surface area contributed by atoms with Crippen LogP contribution in [0.5, 0.6) is 0 Å². The summed E-state index contributed by atoms with van der Waals surface area (Å²) in [5.74, 6) is -5.73. The maximum Gasteiger partial charge on any atom is 0.307 e. The van der Waals surface area contributed by atoms with E-state index in [1.807, 2.05) is 0 Å². The molecule has 0 saturated carbocycles. The van der Waals surface area contributed by atoms with Crippen LogP contribution in [0, 0.1) is 17.6 Å². The van der Waals surface area contributed by atoms with Crippen molar-refractivity contribution < 1.29 is 38.0 Å². The molecule has 0 aliphatic heterocycles. The summed E-state index contributed by atoms with van der Waals surface area (Å²) in [5.41, 5.74) is -0.0642. The predicted molar refractivity (Wildman–Crippen MR) is 72.7 cm³/mol. The molecule has 0 fully saturated rings. The molecule has 2 atom stereocenters. The molecule has 0 spiro atoms. The van der Waals surface area contributed by atoms with Gasteiger partial charge in [-0.05, 0) is 24.1 Å². The van der Waals surface area contributed by atoms with Gasteiger partial charge in [-0.1, -0.05) is 0 Å². The molecule has 1 aromatic rings. The summed E-state index contributed by atoms with van der Waals surface area (Å²) >= 11 is 0. The first-order valence-corrected chi connectivity index (χ1v) is 8.32. The Morgan fingerprint density at radius 3 is 2.14 bits per heavy atom. The van der Waals surface area contributed by atoms with E-state index in [1.54, 1.807) is 0 Å². The number of benzene rings is 1. The molecule has 122 valence electrons. The average molecular weight is 336 g/mol.